The van der Waals surface area contributed by atoms with Gasteiger partial charge in [-0.2, -0.15) is 0 Å². The number of fused-ring (bicyclic) bond motifs is 2. The number of ether oxygens (including phenoxy) is 1. The van der Waals surface area contributed by atoms with Crippen LogP contribution in [0.3, 0.4) is 0 Å². The molecule has 2 heterocycles. The molecule has 0 aromatic heterocycles. The number of carbonyl (C=O) groups excluding carboxylic acids is 1. The number of hydrogen-bond donors (Lipinski definition) is 0. The average molecular weight is 292 g/mol. The molecule has 1 saturated heterocycles. The number of carbonyl (C=O) groups is 1. The van der Waals surface area contributed by atoms with E-state index in [-0.39, 0.29) is 18.4 Å². The molecule has 0 aliphatic carbocycles. The Morgan fingerprint density at radius 3 is 2.75 bits per heavy atom. The van der Waals surface area contributed by atoms with E-state index in [2.05, 4.69) is 0 Å². The van der Waals surface area contributed by atoms with Crippen LogP contribution in [0.4, 0.5) is 10.5 Å². The Kier molecular flexibility index (Phi) is 3.35. The molecule has 0 radical (unpaired) electrons. The van der Waals surface area contributed by atoms with E-state index in [0.29, 0.717) is 11.8 Å². The Labute approximate surface area is 119 Å². The van der Waals surface area contributed by atoms with Gasteiger partial charge in [0.15, 0.2) is 0 Å². The highest BCUT2D eigenvalue weighted by Gasteiger charge is 2.35. The maximum atomic E-state index is 11.9. The van der Waals surface area contributed by atoms with Crippen LogP contribution in [-0.4, -0.2) is 27.7 Å². The molecule has 0 N–H and O–H groups in total. The number of rotatable bonds is 3. The topological polar surface area (TPSA) is 72.7 Å². The number of thioether (sulfide) groups is 1. The molecule has 6 nitrogen and oxygen atoms in total. The molecule has 104 valence electrons. The van der Waals surface area contributed by atoms with Gasteiger partial charge in [-0.15, -0.1) is 11.8 Å². The zero-order valence-corrected chi connectivity index (χ0v) is 11.3. The van der Waals surface area contributed by atoms with E-state index in [9.17, 15) is 14.9 Å². The summed E-state index contributed by atoms with van der Waals surface area (Å²) in [7, 11) is 0. The fourth-order valence-electron chi connectivity index (χ4n) is 2.24. The monoisotopic (exact) mass is 292 g/mol. The maximum Gasteiger partial charge on any atom is 0.414 e. The lowest BCUT2D eigenvalue weighted by molar-refractivity contribution is -0.384. The van der Waals surface area contributed by atoms with Gasteiger partial charge in [0.1, 0.15) is 6.61 Å². The molecular formula is C13H12N2O4S. The first-order chi connectivity index (χ1) is 9.63. The molecule has 7 heteroatoms. The third-order valence-corrected chi connectivity index (χ3v) is 4.40. The average Bonchev–Trinajstić information content (AvgIpc) is 3.08. The molecule has 3 rings (SSSR count). The van der Waals surface area contributed by atoms with E-state index < -0.39 is 4.92 Å². The van der Waals surface area contributed by atoms with Gasteiger partial charge in [0.05, 0.1) is 4.92 Å². The smallest absolute Gasteiger partial charge is 0.414 e. The molecule has 2 aliphatic heterocycles. The third kappa shape index (κ3) is 2.49. The zero-order chi connectivity index (χ0) is 14.1. The minimum Gasteiger partial charge on any atom is -0.444 e. The Hall–Kier alpha value is -2.02. The number of nitro groups is 1. The summed E-state index contributed by atoms with van der Waals surface area (Å²) in [6.45, 7) is 0.827. The van der Waals surface area contributed by atoms with Crippen molar-refractivity contribution in [3.8, 4) is 0 Å². The van der Waals surface area contributed by atoms with Crippen molar-refractivity contribution in [1.82, 2.24) is 4.90 Å². The van der Waals surface area contributed by atoms with Crippen LogP contribution in [0.1, 0.15) is 12.0 Å². The van der Waals surface area contributed by atoms with Crippen LogP contribution < -0.4 is 0 Å². The van der Waals surface area contributed by atoms with Crippen molar-refractivity contribution in [1.29, 1.82) is 0 Å². The molecule has 1 atom stereocenters. The van der Waals surface area contributed by atoms with Crippen LogP contribution in [0, 0.1) is 10.1 Å². The fourth-order valence-corrected chi connectivity index (χ4v) is 3.31. The summed E-state index contributed by atoms with van der Waals surface area (Å²) in [4.78, 5) is 23.7. The largest absolute Gasteiger partial charge is 0.444 e. The second kappa shape index (κ2) is 5.16. The van der Waals surface area contributed by atoms with E-state index in [1.54, 1.807) is 28.8 Å². The maximum absolute atomic E-state index is 11.9. The number of likely N-dealkylation sites (tertiary alicyclic amines) is 1. The Morgan fingerprint density at radius 1 is 1.45 bits per heavy atom. The van der Waals surface area contributed by atoms with E-state index in [1.807, 2.05) is 5.41 Å². The second-order valence-corrected chi connectivity index (χ2v) is 5.83. The SMILES string of the molecule is O=C(OCc1ccc([N+](=O)[O-])cc1)N1C[C@@H]2CC1=CS2. The first kappa shape index (κ1) is 13.0. The van der Waals surface area contributed by atoms with Gasteiger partial charge in [-0.25, -0.2) is 4.79 Å². The van der Waals surface area contributed by atoms with Gasteiger partial charge in [-0.3, -0.25) is 15.0 Å². The van der Waals surface area contributed by atoms with Crippen molar-refractivity contribution in [2.45, 2.75) is 18.3 Å². The van der Waals surface area contributed by atoms with E-state index in [1.165, 1.54) is 12.1 Å². The first-order valence-corrected chi connectivity index (χ1v) is 7.10. The van der Waals surface area contributed by atoms with Crippen molar-refractivity contribution in [3.05, 3.63) is 51.0 Å². The molecule has 2 bridgehead atoms. The zero-order valence-electron chi connectivity index (χ0n) is 10.5. The highest BCUT2D eigenvalue weighted by molar-refractivity contribution is 8.03. The lowest BCUT2D eigenvalue weighted by Crippen LogP contribution is -2.29. The van der Waals surface area contributed by atoms with Gasteiger partial charge in [0, 0.05) is 36.0 Å². The molecule has 1 aromatic rings. The predicted octanol–water partition coefficient (Wildman–Crippen LogP) is 2.89. The van der Waals surface area contributed by atoms with Crippen molar-refractivity contribution < 1.29 is 14.5 Å². The Balaban J connectivity index is 1.56. The van der Waals surface area contributed by atoms with Crippen molar-refractivity contribution >= 4 is 23.5 Å². The van der Waals surface area contributed by atoms with Crippen molar-refractivity contribution in [2.24, 2.45) is 0 Å². The summed E-state index contributed by atoms with van der Waals surface area (Å²) in [6, 6.07) is 5.99. The summed E-state index contributed by atoms with van der Waals surface area (Å²) >= 11 is 1.76. The fraction of sp³-hybridized carbons (Fsp3) is 0.308. The third-order valence-electron chi connectivity index (χ3n) is 3.30. The summed E-state index contributed by atoms with van der Waals surface area (Å²) in [6.07, 6.45) is 0.578. The lowest BCUT2D eigenvalue weighted by Gasteiger charge is -2.20. The molecule has 0 spiro atoms. The predicted molar refractivity (Wildman–Crippen MR) is 74.1 cm³/mol. The minimum atomic E-state index is -0.457. The highest BCUT2D eigenvalue weighted by atomic mass is 32.2. The van der Waals surface area contributed by atoms with Crippen LogP contribution in [0.2, 0.25) is 0 Å². The van der Waals surface area contributed by atoms with Gasteiger partial charge < -0.3 is 4.74 Å². The van der Waals surface area contributed by atoms with Gasteiger partial charge in [-0.1, -0.05) is 0 Å². The van der Waals surface area contributed by atoms with Crippen LogP contribution in [0.25, 0.3) is 0 Å². The van der Waals surface area contributed by atoms with Crippen LogP contribution in [0.15, 0.2) is 35.4 Å². The number of benzene rings is 1. The van der Waals surface area contributed by atoms with Gasteiger partial charge in [0.2, 0.25) is 0 Å². The molecule has 2 aliphatic rings. The molecule has 1 aromatic carbocycles. The molecule has 0 saturated carbocycles. The number of hydrogen-bond acceptors (Lipinski definition) is 5. The number of amides is 1. The van der Waals surface area contributed by atoms with E-state index in [0.717, 1.165) is 17.7 Å². The standard InChI is InChI=1S/C13H12N2O4S/c16-13(14-6-12-5-11(14)8-20-12)19-7-9-1-3-10(4-2-9)15(17)18/h1-4,8,12H,5-7H2/t12-/m0/s1. The molecule has 0 unspecified atom stereocenters. The van der Waals surface area contributed by atoms with E-state index >= 15 is 0 Å². The quantitative estimate of drug-likeness (QED) is 0.632. The summed E-state index contributed by atoms with van der Waals surface area (Å²) in [5, 5.41) is 13.0. The molecule has 1 fully saturated rings. The van der Waals surface area contributed by atoms with Crippen LogP contribution in [0.5, 0.6) is 0 Å². The van der Waals surface area contributed by atoms with Crippen LogP contribution >= 0.6 is 11.8 Å². The summed E-state index contributed by atoms with van der Waals surface area (Å²) < 4.78 is 5.23. The number of nitro benzene ring substituents is 1. The van der Waals surface area contributed by atoms with Crippen LogP contribution in [-0.2, 0) is 11.3 Å². The lowest BCUT2D eigenvalue weighted by atomic mass is 10.2. The number of allylic oxidation sites excluding steroid dienone is 1. The minimum absolute atomic E-state index is 0.0270. The number of nitrogens with zero attached hydrogens (tertiary/aromatic N) is 2. The Morgan fingerprint density at radius 2 is 2.20 bits per heavy atom. The van der Waals surface area contributed by atoms with Crippen molar-refractivity contribution in [2.75, 3.05) is 6.54 Å². The van der Waals surface area contributed by atoms with Crippen molar-refractivity contribution in [3.63, 3.8) is 0 Å². The Bertz CT molecular complexity index is 585. The normalized spacial score (nSPS) is 19.9. The summed E-state index contributed by atoms with van der Waals surface area (Å²) in [5.74, 6) is 0. The van der Waals surface area contributed by atoms with Gasteiger partial charge in [-0.05, 0) is 23.1 Å². The van der Waals surface area contributed by atoms with Gasteiger partial charge >= 0.3 is 6.09 Å². The number of non-ortho nitro benzene ring substituents is 1. The second-order valence-electron chi connectivity index (χ2n) is 4.66. The molecular weight excluding hydrogens is 280 g/mol. The first-order valence-electron chi connectivity index (χ1n) is 6.15. The van der Waals surface area contributed by atoms with E-state index in [4.69, 9.17) is 4.74 Å². The molecule has 20 heavy (non-hydrogen) atoms. The van der Waals surface area contributed by atoms with Gasteiger partial charge in [0.25, 0.3) is 5.69 Å². The summed E-state index contributed by atoms with van der Waals surface area (Å²) in [5.41, 5.74) is 1.78. The molecule has 1 amide bonds. The highest BCUT2D eigenvalue weighted by Crippen LogP contribution is 2.39.